The van der Waals surface area contributed by atoms with Crippen LogP contribution in [0.25, 0.3) is 11.0 Å². The lowest BCUT2D eigenvalue weighted by atomic mass is 9.86. The van der Waals surface area contributed by atoms with Crippen molar-refractivity contribution in [1.82, 2.24) is 5.16 Å². The van der Waals surface area contributed by atoms with Crippen LogP contribution >= 0.6 is 0 Å². The molecule has 1 aromatic heterocycles. The van der Waals surface area contributed by atoms with Gasteiger partial charge in [0, 0.05) is 5.92 Å². The molecule has 18 heavy (non-hydrogen) atoms. The molecule has 1 aliphatic carbocycles. The largest absolute Gasteiger partial charge is 0.471 e. The Hall–Kier alpha value is -1.55. The standard InChI is InChI=1S/C14H18N2O2/c15-9-10-5-1-3-7-12(10)17-14-11-6-2-4-8-13(11)18-16-14/h2,4,6,8,10,12H,1,3,5,7,9,15H2. The molecule has 0 radical (unpaired) electrons. The third-order valence-corrected chi connectivity index (χ3v) is 3.75. The maximum atomic E-state index is 6.03. The third-order valence-electron chi connectivity index (χ3n) is 3.75. The topological polar surface area (TPSA) is 61.3 Å². The number of aromatic nitrogens is 1. The van der Waals surface area contributed by atoms with E-state index >= 15 is 0 Å². The van der Waals surface area contributed by atoms with Gasteiger partial charge in [-0.15, -0.1) is 0 Å². The number of benzene rings is 1. The molecule has 0 bridgehead atoms. The van der Waals surface area contributed by atoms with Crippen molar-refractivity contribution < 1.29 is 9.26 Å². The number of rotatable bonds is 3. The number of hydrogen-bond acceptors (Lipinski definition) is 4. The molecular formula is C14H18N2O2. The molecule has 1 aromatic carbocycles. The summed E-state index contributed by atoms with van der Waals surface area (Å²) in [5, 5.41) is 4.96. The van der Waals surface area contributed by atoms with Crippen molar-refractivity contribution in [2.24, 2.45) is 11.7 Å². The molecule has 1 saturated carbocycles. The van der Waals surface area contributed by atoms with E-state index in [4.69, 9.17) is 15.0 Å². The fourth-order valence-corrected chi connectivity index (χ4v) is 2.69. The molecule has 0 saturated heterocycles. The van der Waals surface area contributed by atoms with Gasteiger partial charge in [-0.25, -0.2) is 0 Å². The van der Waals surface area contributed by atoms with Gasteiger partial charge in [0.05, 0.1) is 5.39 Å². The highest BCUT2D eigenvalue weighted by atomic mass is 16.5. The number of nitrogens with zero attached hydrogens (tertiary/aromatic N) is 1. The summed E-state index contributed by atoms with van der Waals surface area (Å²) in [6.07, 6.45) is 4.84. The average molecular weight is 246 g/mol. The molecule has 2 aromatic rings. The fraction of sp³-hybridized carbons (Fsp3) is 0.500. The van der Waals surface area contributed by atoms with Gasteiger partial charge in [0.2, 0.25) is 0 Å². The molecule has 0 amide bonds. The molecule has 4 heteroatoms. The summed E-state index contributed by atoms with van der Waals surface area (Å²) in [4.78, 5) is 0. The zero-order chi connectivity index (χ0) is 12.4. The molecule has 1 fully saturated rings. The highest BCUT2D eigenvalue weighted by molar-refractivity contribution is 5.81. The van der Waals surface area contributed by atoms with Gasteiger partial charge in [0.25, 0.3) is 5.88 Å². The summed E-state index contributed by atoms with van der Waals surface area (Å²) in [5.74, 6) is 1.05. The Morgan fingerprint density at radius 3 is 3.00 bits per heavy atom. The maximum absolute atomic E-state index is 6.03. The van der Waals surface area contributed by atoms with E-state index in [9.17, 15) is 0 Å². The van der Waals surface area contributed by atoms with Crippen LogP contribution in [0, 0.1) is 5.92 Å². The lowest BCUT2D eigenvalue weighted by Crippen LogP contribution is -2.35. The zero-order valence-corrected chi connectivity index (χ0v) is 10.3. The second kappa shape index (κ2) is 4.98. The second-order valence-corrected chi connectivity index (χ2v) is 4.92. The normalized spacial score (nSPS) is 24.3. The summed E-state index contributed by atoms with van der Waals surface area (Å²) in [7, 11) is 0. The number of ether oxygens (including phenoxy) is 1. The van der Waals surface area contributed by atoms with Crippen LogP contribution < -0.4 is 10.5 Å². The van der Waals surface area contributed by atoms with Gasteiger partial charge in [0.1, 0.15) is 6.10 Å². The Morgan fingerprint density at radius 1 is 1.28 bits per heavy atom. The average Bonchev–Trinajstić information content (AvgIpc) is 2.83. The van der Waals surface area contributed by atoms with E-state index in [0.29, 0.717) is 18.3 Å². The minimum atomic E-state index is 0.178. The van der Waals surface area contributed by atoms with Crippen molar-refractivity contribution in [1.29, 1.82) is 0 Å². The van der Waals surface area contributed by atoms with Crippen molar-refractivity contribution >= 4 is 11.0 Å². The SMILES string of the molecule is NCC1CCCCC1Oc1noc2ccccc12. The lowest BCUT2D eigenvalue weighted by molar-refractivity contribution is 0.0896. The van der Waals surface area contributed by atoms with Crippen molar-refractivity contribution in [3.05, 3.63) is 24.3 Å². The minimum absolute atomic E-state index is 0.178. The highest BCUT2D eigenvalue weighted by Gasteiger charge is 2.27. The van der Waals surface area contributed by atoms with Gasteiger partial charge in [0.15, 0.2) is 5.58 Å². The van der Waals surface area contributed by atoms with Crippen LogP contribution in [-0.2, 0) is 0 Å². The van der Waals surface area contributed by atoms with Crippen molar-refractivity contribution in [2.75, 3.05) is 6.54 Å². The van der Waals surface area contributed by atoms with E-state index in [2.05, 4.69) is 5.16 Å². The lowest BCUT2D eigenvalue weighted by Gasteiger charge is -2.30. The third kappa shape index (κ3) is 2.08. The fourth-order valence-electron chi connectivity index (χ4n) is 2.69. The van der Waals surface area contributed by atoms with Crippen LogP contribution in [0.15, 0.2) is 28.8 Å². The van der Waals surface area contributed by atoms with E-state index in [0.717, 1.165) is 23.8 Å². The summed E-state index contributed by atoms with van der Waals surface area (Å²) in [6.45, 7) is 0.681. The molecular weight excluding hydrogens is 228 g/mol. The highest BCUT2D eigenvalue weighted by Crippen LogP contribution is 2.31. The summed E-state index contributed by atoms with van der Waals surface area (Å²) >= 11 is 0. The van der Waals surface area contributed by atoms with E-state index < -0.39 is 0 Å². The smallest absolute Gasteiger partial charge is 0.262 e. The van der Waals surface area contributed by atoms with Crippen LogP contribution in [0.2, 0.25) is 0 Å². The van der Waals surface area contributed by atoms with Crippen LogP contribution in [0.5, 0.6) is 5.88 Å². The van der Waals surface area contributed by atoms with Crippen LogP contribution in [-0.4, -0.2) is 17.8 Å². The number of fused-ring (bicyclic) bond motifs is 1. The van der Waals surface area contributed by atoms with E-state index in [1.54, 1.807) is 0 Å². The number of hydrogen-bond donors (Lipinski definition) is 1. The first-order valence-electron chi connectivity index (χ1n) is 6.59. The Labute approximate surface area is 106 Å². The Morgan fingerprint density at radius 2 is 2.11 bits per heavy atom. The Kier molecular flexibility index (Phi) is 3.19. The van der Waals surface area contributed by atoms with Crippen LogP contribution in [0.3, 0.4) is 0 Å². The van der Waals surface area contributed by atoms with Crippen molar-refractivity contribution in [3.8, 4) is 5.88 Å². The molecule has 2 atom stereocenters. The monoisotopic (exact) mass is 246 g/mol. The molecule has 4 nitrogen and oxygen atoms in total. The Bertz CT molecular complexity index is 523. The predicted molar refractivity (Wildman–Crippen MR) is 69.4 cm³/mol. The predicted octanol–water partition coefficient (Wildman–Crippen LogP) is 2.72. The molecule has 96 valence electrons. The molecule has 3 rings (SSSR count). The number of para-hydroxylation sites is 1. The van der Waals surface area contributed by atoms with Gasteiger partial charge in [-0.1, -0.05) is 18.6 Å². The minimum Gasteiger partial charge on any atom is -0.471 e. The first-order chi connectivity index (χ1) is 8.88. The summed E-state index contributed by atoms with van der Waals surface area (Å²) in [5.41, 5.74) is 6.58. The Balaban J connectivity index is 1.82. The van der Waals surface area contributed by atoms with Gasteiger partial charge < -0.3 is 15.0 Å². The molecule has 2 N–H and O–H groups in total. The molecule has 1 aliphatic rings. The zero-order valence-electron chi connectivity index (χ0n) is 10.3. The van der Waals surface area contributed by atoms with Crippen LogP contribution in [0.4, 0.5) is 0 Å². The molecule has 0 aliphatic heterocycles. The quantitative estimate of drug-likeness (QED) is 0.904. The van der Waals surface area contributed by atoms with E-state index in [1.165, 1.54) is 12.8 Å². The number of nitrogens with two attached hydrogens (primary N) is 1. The van der Waals surface area contributed by atoms with Crippen molar-refractivity contribution in [2.45, 2.75) is 31.8 Å². The molecule has 2 unspecified atom stereocenters. The van der Waals surface area contributed by atoms with E-state index in [1.807, 2.05) is 24.3 Å². The molecule has 0 spiro atoms. The maximum Gasteiger partial charge on any atom is 0.262 e. The summed E-state index contributed by atoms with van der Waals surface area (Å²) < 4.78 is 11.3. The summed E-state index contributed by atoms with van der Waals surface area (Å²) in [6, 6.07) is 7.77. The molecule has 1 heterocycles. The van der Waals surface area contributed by atoms with Gasteiger partial charge >= 0.3 is 0 Å². The first kappa shape index (κ1) is 11.5. The van der Waals surface area contributed by atoms with Crippen LogP contribution in [0.1, 0.15) is 25.7 Å². The van der Waals surface area contributed by atoms with E-state index in [-0.39, 0.29) is 6.10 Å². The first-order valence-corrected chi connectivity index (χ1v) is 6.59. The van der Waals surface area contributed by atoms with Gasteiger partial charge in [-0.05, 0) is 43.1 Å². The second-order valence-electron chi connectivity index (χ2n) is 4.92. The van der Waals surface area contributed by atoms with Crippen molar-refractivity contribution in [3.63, 3.8) is 0 Å². The van der Waals surface area contributed by atoms with Gasteiger partial charge in [-0.2, -0.15) is 0 Å². The van der Waals surface area contributed by atoms with Gasteiger partial charge in [-0.3, -0.25) is 0 Å².